The van der Waals surface area contributed by atoms with Gasteiger partial charge in [0.25, 0.3) is 0 Å². The highest BCUT2D eigenvalue weighted by atomic mass is 32.2. The molecule has 1 aliphatic heterocycles. The van der Waals surface area contributed by atoms with Gasteiger partial charge in [-0.1, -0.05) is 30.0 Å². The molecule has 2 aromatic rings. The third-order valence-corrected chi connectivity index (χ3v) is 4.34. The monoisotopic (exact) mass is 306 g/mol. The number of methoxy groups -OCH3 is 1. The van der Waals surface area contributed by atoms with Gasteiger partial charge in [0.1, 0.15) is 12.3 Å². The number of fused-ring (bicyclic) bond motifs is 1. The van der Waals surface area contributed by atoms with Crippen LogP contribution in [0.15, 0.2) is 29.4 Å². The average molecular weight is 306 g/mol. The van der Waals surface area contributed by atoms with Gasteiger partial charge in [0, 0.05) is 17.2 Å². The van der Waals surface area contributed by atoms with E-state index in [0.29, 0.717) is 17.7 Å². The van der Waals surface area contributed by atoms with Crippen LogP contribution >= 0.6 is 11.8 Å². The number of hydrogen-bond acceptors (Lipinski definition) is 7. The molecule has 0 saturated carbocycles. The van der Waals surface area contributed by atoms with Gasteiger partial charge < -0.3 is 9.47 Å². The predicted octanol–water partition coefficient (Wildman–Crippen LogP) is 1.11. The molecule has 0 N–H and O–H groups in total. The Bertz CT molecular complexity index is 646. The smallest absolute Gasteiger partial charge is 0.327 e. The zero-order valence-electron chi connectivity index (χ0n) is 11.4. The summed E-state index contributed by atoms with van der Waals surface area (Å²) in [6, 6.07) is 8.02. The Kier molecular flexibility index (Phi) is 4.05. The van der Waals surface area contributed by atoms with Gasteiger partial charge in [-0.3, -0.25) is 4.79 Å². The number of carbonyl (C=O) groups excluding carboxylic acids is 1. The fourth-order valence-electron chi connectivity index (χ4n) is 2.13. The van der Waals surface area contributed by atoms with E-state index in [9.17, 15) is 4.79 Å². The van der Waals surface area contributed by atoms with E-state index in [1.54, 1.807) is 0 Å². The number of ether oxygens (including phenoxy) is 2. The van der Waals surface area contributed by atoms with Crippen molar-refractivity contribution < 1.29 is 14.3 Å². The summed E-state index contributed by atoms with van der Waals surface area (Å²) in [5, 5.41) is 11.9. The number of tetrazole rings is 1. The minimum atomic E-state index is -0.376. The molecule has 21 heavy (non-hydrogen) atoms. The number of hydrogen-bond donors (Lipinski definition) is 0. The normalized spacial score (nSPS) is 16.3. The summed E-state index contributed by atoms with van der Waals surface area (Å²) in [5.41, 5.74) is 1.21. The molecule has 1 unspecified atom stereocenters. The fraction of sp³-hybridized carbons (Fsp3) is 0.385. The van der Waals surface area contributed by atoms with Gasteiger partial charge in [-0.2, -0.15) is 0 Å². The summed E-state index contributed by atoms with van der Waals surface area (Å²) < 4.78 is 11.7. The highest BCUT2D eigenvalue weighted by Gasteiger charge is 2.24. The summed E-state index contributed by atoms with van der Waals surface area (Å²) in [6.07, 6.45) is 0. The molecule has 1 atom stereocenters. The number of esters is 1. The van der Waals surface area contributed by atoms with Crippen LogP contribution in [-0.4, -0.2) is 45.6 Å². The van der Waals surface area contributed by atoms with Crippen LogP contribution in [0.4, 0.5) is 0 Å². The second-order valence-corrected chi connectivity index (χ2v) is 5.54. The molecule has 0 fully saturated rings. The van der Waals surface area contributed by atoms with E-state index >= 15 is 0 Å². The van der Waals surface area contributed by atoms with Crippen LogP contribution in [0, 0.1) is 0 Å². The number of nitrogens with zero attached hydrogens (tertiary/aromatic N) is 4. The van der Waals surface area contributed by atoms with Gasteiger partial charge in [0.2, 0.25) is 5.16 Å². The van der Waals surface area contributed by atoms with Crippen molar-refractivity contribution in [3.8, 4) is 5.75 Å². The number of aromatic nitrogens is 4. The Morgan fingerprint density at radius 1 is 1.52 bits per heavy atom. The number of para-hydroxylation sites is 1. The topological polar surface area (TPSA) is 79.1 Å². The van der Waals surface area contributed by atoms with Crippen molar-refractivity contribution >= 4 is 17.7 Å². The van der Waals surface area contributed by atoms with E-state index in [1.807, 2.05) is 18.2 Å². The van der Waals surface area contributed by atoms with Crippen LogP contribution in [0.3, 0.4) is 0 Å². The summed E-state index contributed by atoms with van der Waals surface area (Å²) in [6.45, 7) is 0.675. The van der Waals surface area contributed by atoms with Gasteiger partial charge in [0.05, 0.1) is 13.7 Å². The van der Waals surface area contributed by atoms with Gasteiger partial charge in [-0.25, -0.2) is 4.68 Å². The van der Waals surface area contributed by atoms with Crippen molar-refractivity contribution in [3.05, 3.63) is 29.8 Å². The number of thioether (sulfide) groups is 1. The largest absolute Gasteiger partial charge is 0.493 e. The van der Waals surface area contributed by atoms with E-state index in [2.05, 4.69) is 26.3 Å². The molecule has 3 rings (SSSR count). The van der Waals surface area contributed by atoms with Crippen molar-refractivity contribution in [2.75, 3.05) is 19.5 Å². The Balaban J connectivity index is 1.64. The molecule has 0 amide bonds. The minimum Gasteiger partial charge on any atom is -0.493 e. The van der Waals surface area contributed by atoms with E-state index in [1.165, 1.54) is 29.1 Å². The quantitative estimate of drug-likeness (QED) is 0.605. The Hall–Kier alpha value is -2.09. The lowest BCUT2D eigenvalue weighted by molar-refractivity contribution is -0.141. The third kappa shape index (κ3) is 2.99. The zero-order chi connectivity index (χ0) is 14.7. The number of rotatable bonds is 5. The molecule has 110 valence electrons. The summed E-state index contributed by atoms with van der Waals surface area (Å²) >= 11 is 1.51. The molecule has 0 radical (unpaired) electrons. The highest BCUT2D eigenvalue weighted by Crippen LogP contribution is 2.36. The number of carbonyl (C=O) groups is 1. The van der Waals surface area contributed by atoms with Crippen LogP contribution < -0.4 is 4.74 Å². The lowest BCUT2D eigenvalue weighted by Gasteiger charge is -2.08. The SMILES string of the molecule is COC(=O)Cn1nnnc1SCC1COc2ccccc21. The summed E-state index contributed by atoms with van der Waals surface area (Å²) in [4.78, 5) is 11.3. The van der Waals surface area contributed by atoms with Gasteiger partial charge in [-0.15, -0.1) is 5.10 Å². The molecule has 8 heteroatoms. The van der Waals surface area contributed by atoms with Crippen molar-refractivity contribution in [2.45, 2.75) is 17.6 Å². The standard InChI is InChI=1S/C13H14N4O3S/c1-19-12(18)6-17-13(14-15-16-17)21-8-9-7-20-11-5-3-2-4-10(9)11/h2-5,9H,6-8H2,1H3. The van der Waals surface area contributed by atoms with Crippen LogP contribution in [0.2, 0.25) is 0 Å². The number of benzene rings is 1. The maximum atomic E-state index is 11.3. The minimum absolute atomic E-state index is 0.0174. The zero-order valence-corrected chi connectivity index (χ0v) is 12.2. The fourth-order valence-corrected chi connectivity index (χ4v) is 3.10. The van der Waals surface area contributed by atoms with E-state index in [4.69, 9.17) is 4.74 Å². The lowest BCUT2D eigenvalue weighted by atomic mass is 10.0. The molecule has 2 heterocycles. The van der Waals surface area contributed by atoms with Crippen molar-refractivity contribution in [1.29, 1.82) is 0 Å². The van der Waals surface area contributed by atoms with Crippen LogP contribution in [-0.2, 0) is 16.1 Å². The summed E-state index contributed by atoms with van der Waals surface area (Å²) in [7, 11) is 1.34. The van der Waals surface area contributed by atoms with Crippen LogP contribution in [0.5, 0.6) is 5.75 Å². The first-order chi connectivity index (χ1) is 10.3. The molecule has 0 spiro atoms. The first kappa shape index (κ1) is 13.9. The molecular formula is C13H14N4O3S. The lowest BCUT2D eigenvalue weighted by Crippen LogP contribution is -2.14. The molecule has 0 bridgehead atoms. The summed E-state index contributed by atoms with van der Waals surface area (Å²) in [5.74, 6) is 1.66. The second kappa shape index (κ2) is 6.13. The maximum absolute atomic E-state index is 11.3. The second-order valence-electron chi connectivity index (χ2n) is 4.55. The average Bonchev–Trinajstić information content (AvgIpc) is 3.11. The van der Waals surface area contributed by atoms with Gasteiger partial charge in [0.15, 0.2) is 0 Å². The van der Waals surface area contributed by atoms with Gasteiger partial charge >= 0.3 is 5.97 Å². The Morgan fingerprint density at radius 3 is 3.24 bits per heavy atom. The highest BCUT2D eigenvalue weighted by molar-refractivity contribution is 7.99. The van der Waals surface area contributed by atoms with E-state index in [-0.39, 0.29) is 12.5 Å². The molecule has 1 aliphatic rings. The van der Waals surface area contributed by atoms with E-state index in [0.717, 1.165) is 11.5 Å². The van der Waals surface area contributed by atoms with Crippen molar-refractivity contribution in [2.24, 2.45) is 0 Å². The molecule has 1 aromatic carbocycles. The van der Waals surface area contributed by atoms with Gasteiger partial charge in [-0.05, 0) is 16.5 Å². The van der Waals surface area contributed by atoms with Crippen molar-refractivity contribution in [1.82, 2.24) is 20.2 Å². The predicted molar refractivity (Wildman–Crippen MR) is 75.2 cm³/mol. The Labute approximate surface area is 125 Å². The third-order valence-electron chi connectivity index (χ3n) is 3.22. The van der Waals surface area contributed by atoms with Crippen LogP contribution in [0.25, 0.3) is 0 Å². The molecular weight excluding hydrogens is 292 g/mol. The van der Waals surface area contributed by atoms with E-state index < -0.39 is 0 Å². The first-order valence-electron chi connectivity index (χ1n) is 6.45. The molecule has 1 aromatic heterocycles. The molecule has 0 aliphatic carbocycles. The molecule has 7 nitrogen and oxygen atoms in total. The van der Waals surface area contributed by atoms with Crippen molar-refractivity contribution in [3.63, 3.8) is 0 Å². The maximum Gasteiger partial charge on any atom is 0.327 e. The first-order valence-corrected chi connectivity index (χ1v) is 7.44. The Morgan fingerprint density at radius 2 is 2.38 bits per heavy atom. The molecule has 0 saturated heterocycles. The van der Waals surface area contributed by atoms with Crippen LogP contribution in [0.1, 0.15) is 11.5 Å².